The molecule has 0 fully saturated rings. The van der Waals surface area contributed by atoms with Gasteiger partial charge in [-0.3, -0.25) is 20.2 Å². The average Bonchev–Trinajstić information content (AvgIpc) is 3.44. The van der Waals surface area contributed by atoms with Crippen molar-refractivity contribution < 1.29 is 24.1 Å². The number of hydrogen-bond acceptors (Lipinski definition) is 9. The van der Waals surface area contributed by atoms with Crippen molar-refractivity contribution in [3.63, 3.8) is 0 Å². The largest absolute Gasteiger partial charge is 0.456 e. The summed E-state index contributed by atoms with van der Waals surface area (Å²) in [5, 5.41) is 23.1. The quantitative estimate of drug-likeness (QED) is 0.0710. The summed E-state index contributed by atoms with van der Waals surface area (Å²) in [4.78, 5) is 40.1. The van der Waals surface area contributed by atoms with Crippen LogP contribution in [0.2, 0.25) is 0 Å². The van der Waals surface area contributed by atoms with E-state index < -0.39 is 21.4 Å². The number of nitro groups is 2. The van der Waals surface area contributed by atoms with Crippen molar-refractivity contribution in [2.45, 2.75) is 52.1 Å². The Kier molecular flexibility index (Phi) is 9.10. The van der Waals surface area contributed by atoms with Crippen LogP contribution in [0.1, 0.15) is 72.1 Å². The molecule has 2 aliphatic heterocycles. The zero-order valence-corrected chi connectivity index (χ0v) is 29.2. The molecule has 2 aliphatic rings. The number of benzene rings is 5. The highest BCUT2D eigenvalue weighted by atomic mass is 16.6. The second-order valence-electron chi connectivity index (χ2n) is 13.1. The highest BCUT2D eigenvalue weighted by Gasteiger charge is 2.54. The summed E-state index contributed by atoms with van der Waals surface area (Å²) in [5.74, 6) is 0.675. The number of unbranched alkanes of at least 4 members (excludes halogenated alkanes) is 2. The van der Waals surface area contributed by atoms with Gasteiger partial charge in [0.2, 0.25) is 0 Å². The Morgan fingerprint density at radius 1 is 0.673 bits per heavy atom. The van der Waals surface area contributed by atoms with Gasteiger partial charge in [0.1, 0.15) is 11.5 Å². The molecule has 2 heterocycles. The molecule has 11 nitrogen and oxygen atoms in total. The minimum absolute atomic E-state index is 0.0738. The zero-order chi connectivity index (χ0) is 36.6. The monoisotopic (exact) mass is 698 g/mol. The molecule has 264 valence electrons. The molecule has 1 spiro atoms. The highest BCUT2D eigenvalue weighted by molar-refractivity contribution is 5.97. The van der Waals surface area contributed by atoms with Gasteiger partial charge in [-0.05, 0) is 79.9 Å². The van der Waals surface area contributed by atoms with E-state index in [2.05, 4.69) is 24.8 Å². The lowest BCUT2D eigenvalue weighted by Gasteiger charge is -2.38. The predicted molar refractivity (Wildman–Crippen MR) is 199 cm³/mol. The normalized spacial score (nSPS) is 15.2. The third kappa shape index (κ3) is 5.87. The number of nitro benzene ring substituents is 2. The van der Waals surface area contributed by atoms with Gasteiger partial charge < -0.3 is 19.3 Å². The van der Waals surface area contributed by atoms with Gasteiger partial charge >= 0.3 is 5.97 Å². The van der Waals surface area contributed by atoms with Gasteiger partial charge in [-0.2, -0.15) is 0 Å². The van der Waals surface area contributed by atoms with E-state index in [-0.39, 0.29) is 11.4 Å². The van der Waals surface area contributed by atoms with E-state index in [1.807, 2.05) is 54.3 Å². The number of fused-ring (bicyclic) bond motifs is 6. The van der Waals surface area contributed by atoms with Gasteiger partial charge in [0.05, 0.1) is 15.4 Å². The van der Waals surface area contributed by atoms with Crippen molar-refractivity contribution in [2.75, 3.05) is 22.9 Å². The molecule has 0 radical (unpaired) electrons. The summed E-state index contributed by atoms with van der Waals surface area (Å²) < 4.78 is 13.3. The molecule has 1 unspecified atom stereocenters. The first kappa shape index (κ1) is 34.2. The third-order valence-electron chi connectivity index (χ3n) is 9.82. The fourth-order valence-corrected chi connectivity index (χ4v) is 7.18. The van der Waals surface area contributed by atoms with Gasteiger partial charge in [0.25, 0.3) is 11.4 Å². The number of ether oxygens (including phenoxy) is 2. The Balaban J connectivity index is 1.43. The number of hydrogen-bond donors (Lipinski definition) is 0. The van der Waals surface area contributed by atoms with Crippen LogP contribution in [0.5, 0.6) is 11.5 Å². The number of carbonyl (C=O) groups is 1. The molecule has 5 aromatic carbocycles. The predicted octanol–water partition coefficient (Wildman–Crippen LogP) is 10.3. The number of aryl methyl sites for hydroxylation is 1. The Bertz CT molecular complexity index is 2120. The molecule has 0 aromatic heterocycles. The third-order valence-corrected chi connectivity index (χ3v) is 9.82. The van der Waals surface area contributed by atoms with Crippen molar-refractivity contribution >= 4 is 40.1 Å². The molecule has 0 N–H and O–H groups in total. The van der Waals surface area contributed by atoms with E-state index in [1.165, 1.54) is 24.3 Å². The number of nitrogens with zero attached hydrogens (tertiary/aromatic N) is 4. The van der Waals surface area contributed by atoms with Crippen molar-refractivity contribution in [1.82, 2.24) is 0 Å². The van der Waals surface area contributed by atoms with Crippen LogP contribution in [0, 0.1) is 27.2 Å². The fourth-order valence-electron chi connectivity index (χ4n) is 7.18. The highest BCUT2D eigenvalue weighted by Crippen LogP contribution is 2.58. The van der Waals surface area contributed by atoms with Gasteiger partial charge in [-0.15, -0.1) is 0 Å². The summed E-state index contributed by atoms with van der Waals surface area (Å²) in [7, 11) is 0. The molecule has 7 rings (SSSR count). The van der Waals surface area contributed by atoms with Crippen LogP contribution in [0.4, 0.5) is 34.1 Å². The number of carbonyl (C=O) groups excluding carboxylic acids is 1. The Hall–Kier alpha value is -6.23. The van der Waals surface area contributed by atoms with Gasteiger partial charge in [0.15, 0.2) is 5.60 Å². The molecule has 0 aliphatic carbocycles. The van der Waals surface area contributed by atoms with E-state index in [0.717, 1.165) is 50.0 Å². The maximum Gasteiger partial charge on any atom is 0.340 e. The lowest BCUT2D eigenvalue weighted by molar-refractivity contribution is -0.385. The molecule has 11 heteroatoms. The fraction of sp³-hybridized carbons (Fsp3) is 0.244. The van der Waals surface area contributed by atoms with E-state index in [0.29, 0.717) is 50.8 Å². The molecular formula is C41H38N4O7. The topological polar surface area (TPSA) is 128 Å². The smallest absolute Gasteiger partial charge is 0.340 e. The Labute approximate surface area is 301 Å². The number of non-ortho nitro benzene ring substituents is 2. The summed E-state index contributed by atoms with van der Waals surface area (Å²) >= 11 is 0. The first-order chi connectivity index (χ1) is 25.2. The number of esters is 1. The Morgan fingerprint density at radius 2 is 1.23 bits per heavy atom. The summed E-state index contributed by atoms with van der Waals surface area (Å²) in [5.41, 5.74) is 4.62. The van der Waals surface area contributed by atoms with Crippen LogP contribution in [0.15, 0.2) is 103 Å². The average molecular weight is 699 g/mol. The SMILES string of the molecule is CCCCN(CCCC)c1ccc2c(c1)Oc1cc(C)c(N(c3ccc([N+](=O)[O-])cc3)c3ccc([N+](=O)[O-])cc3)cc1C21OC(=O)c2ccccc21. The maximum atomic E-state index is 13.7. The van der Waals surface area contributed by atoms with Crippen LogP contribution in [0.25, 0.3) is 0 Å². The van der Waals surface area contributed by atoms with Crippen molar-refractivity contribution in [2.24, 2.45) is 0 Å². The molecule has 52 heavy (non-hydrogen) atoms. The molecule has 0 saturated carbocycles. The second kappa shape index (κ2) is 13.8. The van der Waals surface area contributed by atoms with Crippen LogP contribution in [-0.4, -0.2) is 28.9 Å². The van der Waals surface area contributed by atoms with Crippen molar-refractivity contribution in [3.8, 4) is 11.5 Å². The summed E-state index contributed by atoms with van der Waals surface area (Å²) in [6.07, 6.45) is 4.26. The minimum atomic E-state index is -1.34. The van der Waals surface area contributed by atoms with Crippen LogP contribution < -0.4 is 14.5 Å². The van der Waals surface area contributed by atoms with Crippen LogP contribution in [0.3, 0.4) is 0 Å². The first-order valence-electron chi connectivity index (χ1n) is 17.5. The minimum Gasteiger partial charge on any atom is -0.456 e. The Morgan fingerprint density at radius 3 is 1.81 bits per heavy atom. The first-order valence-corrected chi connectivity index (χ1v) is 17.5. The molecular weight excluding hydrogens is 660 g/mol. The van der Waals surface area contributed by atoms with Crippen LogP contribution in [-0.2, 0) is 10.3 Å². The lowest BCUT2D eigenvalue weighted by Crippen LogP contribution is -2.34. The van der Waals surface area contributed by atoms with Crippen molar-refractivity contribution in [1.29, 1.82) is 0 Å². The molecule has 5 aromatic rings. The molecule has 0 saturated heterocycles. The standard InChI is InChI=1S/C41H38N4O7/c1-4-6-22-42(23-7-5-2)32-20-21-35-39(25-32)51-38-24-27(3)37(26-36(38)41(35)34-11-9-8-10-33(34)40(46)52-41)43(28-12-16-30(17-13-28)44(47)48)29-14-18-31(19-15-29)45(49)50/h8-21,24-26H,4-7,22-23H2,1-3H3. The molecule has 0 bridgehead atoms. The number of anilines is 4. The van der Waals surface area contributed by atoms with E-state index in [4.69, 9.17) is 9.47 Å². The molecule has 1 atom stereocenters. The van der Waals surface area contributed by atoms with Crippen molar-refractivity contribution in [3.05, 3.63) is 151 Å². The van der Waals surface area contributed by atoms with Gasteiger partial charge in [-0.1, -0.05) is 44.9 Å². The second-order valence-corrected chi connectivity index (χ2v) is 13.1. The summed E-state index contributed by atoms with van der Waals surface area (Å²) in [6, 6.07) is 29.5. The van der Waals surface area contributed by atoms with E-state index >= 15 is 0 Å². The maximum absolute atomic E-state index is 13.7. The summed E-state index contributed by atoms with van der Waals surface area (Å²) in [6.45, 7) is 8.12. The van der Waals surface area contributed by atoms with Gasteiger partial charge in [0, 0.05) is 82.9 Å². The molecule has 0 amide bonds. The van der Waals surface area contributed by atoms with E-state index in [1.54, 1.807) is 30.3 Å². The van der Waals surface area contributed by atoms with Gasteiger partial charge in [-0.25, -0.2) is 4.79 Å². The lowest BCUT2D eigenvalue weighted by atomic mass is 9.77. The van der Waals surface area contributed by atoms with E-state index in [9.17, 15) is 25.0 Å². The van der Waals surface area contributed by atoms with Crippen LogP contribution >= 0.6 is 0 Å². The number of rotatable bonds is 12. The zero-order valence-electron chi connectivity index (χ0n) is 29.2.